The number of benzene rings is 1. The van der Waals surface area contributed by atoms with Crippen LogP contribution in [0.5, 0.6) is 0 Å². The zero-order valence-corrected chi connectivity index (χ0v) is 10.5. The average molecular weight is 261 g/mol. The molecule has 0 unspecified atom stereocenters. The summed E-state index contributed by atoms with van der Waals surface area (Å²) >= 11 is 0. The van der Waals surface area contributed by atoms with Crippen molar-refractivity contribution >= 4 is 22.8 Å². The van der Waals surface area contributed by atoms with Gasteiger partial charge in [-0.05, 0) is 18.6 Å². The van der Waals surface area contributed by atoms with Gasteiger partial charge in [0.05, 0.1) is 11.7 Å². The van der Waals surface area contributed by atoms with Crippen molar-refractivity contribution in [1.82, 2.24) is 15.5 Å². The van der Waals surface area contributed by atoms with Crippen LogP contribution in [0.1, 0.15) is 30.1 Å². The fraction of sp³-hybridized carbons (Fsp3) is 0.308. The van der Waals surface area contributed by atoms with Crippen LogP contribution < -0.4 is 5.32 Å². The zero-order valence-electron chi connectivity index (χ0n) is 10.5. The van der Waals surface area contributed by atoms with Crippen molar-refractivity contribution in [2.24, 2.45) is 0 Å². The van der Waals surface area contributed by atoms with Crippen LogP contribution in [0, 0.1) is 0 Å². The standard InChI is InChI=1S/C13H15N3O3/c1-2-3-10(13(18)19)15-12(17)8-4-5-9-7-14-16-11(9)6-8/h4-7,10H,2-3H2,1H3,(H,14,16)(H,15,17)(H,18,19)/t10-/m0/s1. The highest BCUT2D eigenvalue weighted by Crippen LogP contribution is 2.13. The Morgan fingerprint density at radius 3 is 2.95 bits per heavy atom. The van der Waals surface area contributed by atoms with Gasteiger partial charge in [0.25, 0.3) is 5.91 Å². The minimum absolute atomic E-state index is 0.391. The molecule has 6 nitrogen and oxygen atoms in total. The molecule has 1 heterocycles. The van der Waals surface area contributed by atoms with Crippen molar-refractivity contribution in [2.75, 3.05) is 0 Å². The number of nitrogens with one attached hydrogen (secondary N) is 2. The van der Waals surface area contributed by atoms with Gasteiger partial charge in [-0.1, -0.05) is 19.4 Å². The van der Waals surface area contributed by atoms with Crippen LogP contribution in [0.25, 0.3) is 10.9 Å². The van der Waals surface area contributed by atoms with E-state index >= 15 is 0 Å². The SMILES string of the molecule is CCC[C@H](NC(=O)c1ccc2cn[nH]c2c1)C(=O)O. The number of aliphatic carboxylic acids is 1. The summed E-state index contributed by atoms with van der Waals surface area (Å²) in [6, 6.07) is 4.22. The number of hydrogen-bond acceptors (Lipinski definition) is 3. The van der Waals surface area contributed by atoms with E-state index in [4.69, 9.17) is 5.11 Å². The van der Waals surface area contributed by atoms with Gasteiger partial charge in [0, 0.05) is 10.9 Å². The molecule has 0 aliphatic heterocycles. The van der Waals surface area contributed by atoms with Crippen molar-refractivity contribution < 1.29 is 14.7 Å². The highest BCUT2D eigenvalue weighted by molar-refractivity contribution is 5.99. The van der Waals surface area contributed by atoms with Crippen LogP contribution in [0.3, 0.4) is 0 Å². The van der Waals surface area contributed by atoms with E-state index in [1.165, 1.54) is 0 Å². The van der Waals surface area contributed by atoms with E-state index in [-0.39, 0.29) is 0 Å². The second-order valence-corrected chi connectivity index (χ2v) is 4.32. The molecule has 3 N–H and O–H groups in total. The number of amides is 1. The van der Waals surface area contributed by atoms with Crippen LogP contribution in [0.2, 0.25) is 0 Å². The number of hydrogen-bond donors (Lipinski definition) is 3. The first-order valence-corrected chi connectivity index (χ1v) is 6.08. The average Bonchev–Trinajstić information content (AvgIpc) is 2.85. The molecule has 0 radical (unpaired) electrons. The molecule has 0 saturated carbocycles. The smallest absolute Gasteiger partial charge is 0.326 e. The van der Waals surface area contributed by atoms with Gasteiger partial charge < -0.3 is 10.4 Å². The third-order valence-corrected chi connectivity index (χ3v) is 2.88. The van der Waals surface area contributed by atoms with Crippen molar-refractivity contribution in [2.45, 2.75) is 25.8 Å². The lowest BCUT2D eigenvalue weighted by Gasteiger charge is -2.13. The lowest BCUT2D eigenvalue weighted by molar-refractivity contribution is -0.139. The van der Waals surface area contributed by atoms with Crippen molar-refractivity contribution in [3.8, 4) is 0 Å². The Morgan fingerprint density at radius 2 is 2.26 bits per heavy atom. The summed E-state index contributed by atoms with van der Waals surface area (Å²) in [7, 11) is 0. The molecule has 1 aromatic heterocycles. The predicted molar refractivity (Wildman–Crippen MR) is 69.9 cm³/mol. The fourth-order valence-corrected chi connectivity index (χ4v) is 1.87. The van der Waals surface area contributed by atoms with Crippen LogP contribution in [-0.4, -0.2) is 33.2 Å². The van der Waals surface area contributed by atoms with Crippen LogP contribution in [-0.2, 0) is 4.79 Å². The molecule has 1 atom stereocenters. The van der Waals surface area contributed by atoms with E-state index in [0.29, 0.717) is 18.4 Å². The monoisotopic (exact) mass is 261 g/mol. The summed E-state index contributed by atoms with van der Waals surface area (Å²) < 4.78 is 0. The van der Waals surface area contributed by atoms with Gasteiger partial charge in [-0.2, -0.15) is 5.10 Å². The second kappa shape index (κ2) is 5.51. The number of carboxylic acid groups (broad SMARTS) is 1. The summed E-state index contributed by atoms with van der Waals surface area (Å²) in [5.41, 5.74) is 1.16. The van der Waals surface area contributed by atoms with Gasteiger partial charge in [0.1, 0.15) is 6.04 Å². The van der Waals surface area contributed by atoms with Gasteiger partial charge in [0.15, 0.2) is 0 Å². The normalized spacial score (nSPS) is 12.3. The Morgan fingerprint density at radius 1 is 1.47 bits per heavy atom. The topological polar surface area (TPSA) is 95.1 Å². The Bertz CT molecular complexity index is 606. The molecule has 19 heavy (non-hydrogen) atoms. The summed E-state index contributed by atoms with van der Waals surface area (Å²) in [6.07, 6.45) is 2.76. The maximum Gasteiger partial charge on any atom is 0.326 e. The highest BCUT2D eigenvalue weighted by Gasteiger charge is 2.19. The van der Waals surface area contributed by atoms with Gasteiger partial charge in [-0.25, -0.2) is 4.79 Å². The first-order valence-electron chi connectivity index (χ1n) is 6.08. The molecule has 0 aliphatic carbocycles. The summed E-state index contributed by atoms with van der Waals surface area (Å²) in [5, 5.41) is 19.1. The number of aromatic amines is 1. The van der Waals surface area contributed by atoms with E-state index in [1.807, 2.05) is 6.92 Å². The number of H-pyrrole nitrogens is 1. The van der Waals surface area contributed by atoms with E-state index in [1.54, 1.807) is 24.4 Å². The molecule has 0 bridgehead atoms. The highest BCUT2D eigenvalue weighted by atomic mass is 16.4. The zero-order chi connectivity index (χ0) is 13.8. The van der Waals surface area contributed by atoms with Gasteiger partial charge in [0.2, 0.25) is 0 Å². The first kappa shape index (κ1) is 13.1. The number of carbonyl (C=O) groups excluding carboxylic acids is 1. The molecule has 0 aliphatic rings. The lowest BCUT2D eigenvalue weighted by Crippen LogP contribution is -2.40. The van der Waals surface area contributed by atoms with E-state index in [9.17, 15) is 9.59 Å². The maximum atomic E-state index is 12.0. The van der Waals surface area contributed by atoms with Crippen LogP contribution >= 0.6 is 0 Å². The lowest BCUT2D eigenvalue weighted by atomic mass is 10.1. The number of carboxylic acids is 1. The Kier molecular flexibility index (Phi) is 3.79. The number of aromatic nitrogens is 2. The Hall–Kier alpha value is -2.37. The van der Waals surface area contributed by atoms with Gasteiger partial charge >= 0.3 is 5.97 Å². The molecule has 6 heteroatoms. The fourth-order valence-electron chi connectivity index (χ4n) is 1.87. The van der Waals surface area contributed by atoms with Gasteiger partial charge in [-0.15, -0.1) is 0 Å². The van der Waals surface area contributed by atoms with Crippen molar-refractivity contribution in [1.29, 1.82) is 0 Å². The van der Waals surface area contributed by atoms with E-state index < -0.39 is 17.9 Å². The second-order valence-electron chi connectivity index (χ2n) is 4.32. The van der Waals surface area contributed by atoms with E-state index in [2.05, 4.69) is 15.5 Å². The third kappa shape index (κ3) is 2.90. The number of rotatable bonds is 5. The van der Waals surface area contributed by atoms with Gasteiger partial charge in [-0.3, -0.25) is 9.89 Å². The third-order valence-electron chi connectivity index (χ3n) is 2.88. The molecule has 1 amide bonds. The number of fused-ring (bicyclic) bond motifs is 1. The molecule has 0 saturated heterocycles. The molecule has 2 aromatic rings. The summed E-state index contributed by atoms with van der Waals surface area (Å²) in [5.74, 6) is -1.41. The van der Waals surface area contributed by atoms with Crippen molar-refractivity contribution in [3.63, 3.8) is 0 Å². The molecule has 1 aromatic carbocycles. The molecular weight excluding hydrogens is 246 g/mol. The Labute approximate surface area is 109 Å². The summed E-state index contributed by atoms with van der Waals surface area (Å²) in [6.45, 7) is 1.87. The molecule has 2 rings (SSSR count). The van der Waals surface area contributed by atoms with Crippen LogP contribution in [0.4, 0.5) is 0 Å². The minimum atomic E-state index is -1.02. The first-order chi connectivity index (χ1) is 9.11. The van der Waals surface area contributed by atoms with E-state index in [0.717, 1.165) is 10.9 Å². The largest absolute Gasteiger partial charge is 0.480 e. The predicted octanol–water partition coefficient (Wildman–Crippen LogP) is 1.55. The number of carbonyl (C=O) groups is 2. The molecule has 100 valence electrons. The number of nitrogens with zero attached hydrogens (tertiary/aromatic N) is 1. The maximum absolute atomic E-state index is 12.0. The van der Waals surface area contributed by atoms with Crippen molar-refractivity contribution in [3.05, 3.63) is 30.0 Å². The Balaban J connectivity index is 2.16. The minimum Gasteiger partial charge on any atom is -0.480 e. The molecule has 0 spiro atoms. The quantitative estimate of drug-likeness (QED) is 0.760. The van der Waals surface area contributed by atoms with Crippen LogP contribution in [0.15, 0.2) is 24.4 Å². The molecular formula is C13H15N3O3. The summed E-state index contributed by atoms with van der Waals surface area (Å²) in [4.78, 5) is 23.0. The molecule has 0 fully saturated rings.